The van der Waals surface area contributed by atoms with Gasteiger partial charge in [0.15, 0.2) is 0 Å². The summed E-state index contributed by atoms with van der Waals surface area (Å²) in [4.78, 5) is 8.35. The summed E-state index contributed by atoms with van der Waals surface area (Å²) in [7, 11) is -1.08. The molecule has 0 atom stereocenters. The molecule has 0 rings (SSSR count). The number of rotatable bonds is 0. The van der Waals surface area contributed by atoms with Crippen LogP contribution in [0, 0.1) is 0 Å². The van der Waals surface area contributed by atoms with Gasteiger partial charge >= 0.3 is 29.6 Å². The van der Waals surface area contributed by atoms with Crippen LogP contribution in [0.4, 0.5) is 0 Å². The van der Waals surface area contributed by atoms with Crippen molar-refractivity contribution >= 4 is 21.1 Å². The molecule has 26 valence electrons. The summed E-state index contributed by atoms with van der Waals surface area (Å²) in [6.45, 7) is 0. The third kappa shape index (κ3) is 32.9. The fourth-order valence-electron chi connectivity index (χ4n) is 0. The molecule has 0 amide bonds. The summed E-state index contributed by atoms with van der Waals surface area (Å²) in [5.74, 6) is 0. The van der Waals surface area contributed by atoms with Crippen molar-refractivity contribution in [1.82, 2.24) is 0 Å². The second-order valence-electron chi connectivity index (χ2n) is 0.0745. The standard InChI is InChI=1S/ClH.Na.HO2P/c;;1-3-2/h1H;;(H,1,2)/q;+1;/p-1. The molecule has 0 saturated heterocycles. The second kappa shape index (κ2) is 18.3. The third-order valence-electron chi connectivity index (χ3n) is 0. The first-order valence-electron chi connectivity index (χ1n) is 0.365. The molecule has 5 heteroatoms. The fraction of sp³-hybridized carbons (Fsp3) is 0. The van der Waals surface area contributed by atoms with Crippen LogP contribution in [-0.4, -0.2) is 0 Å². The molecule has 0 bridgehead atoms. The van der Waals surface area contributed by atoms with Crippen molar-refractivity contribution in [2.75, 3.05) is 0 Å². The zero-order valence-electron chi connectivity index (χ0n) is 2.67. The van der Waals surface area contributed by atoms with Crippen LogP contribution in [0.1, 0.15) is 0 Å². The van der Waals surface area contributed by atoms with Crippen LogP contribution in [0.3, 0.4) is 0 Å². The molecule has 0 aliphatic rings. The maximum absolute atomic E-state index is 8.35. The zero-order valence-corrected chi connectivity index (χ0v) is 6.38. The minimum atomic E-state index is -1.08. The van der Waals surface area contributed by atoms with E-state index in [0.29, 0.717) is 0 Å². The summed E-state index contributed by atoms with van der Waals surface area (Å²) < 4.78 is 8.35. The van der Waals surface area contributed by atoms with Crippen molar-refractivity contribution in [3.63, 3.8) is 0 Å². The largest absolute Gasteiger partial charge is 1.00 e. The zero-order chi connectivity index (χ0) is 2.71. The molecule has 0 N–H and O–H groups in total. The molecule has 0 heterocycles. The Kier molecular flexibility index (Phi) is 59.4. The van der Waals surface area contributed by atoms with E-state index in [1.54, 1.807) is 0 Å². The average Bonchev–Trinajstić information content (AvgIpc) is 0.918. The van der Waals surface area contributed by atoms with Crippen LogP contribution < -0.4 is 34.5 Å². The van der Waals surface area contributed by atoms with Crippen molar-refractivity contribution in [1.29, 1.82) is 0 Å². The van der Waals surface area contributed by atoms with Crippen LogP contribution in [0.25, 0.3) is 0 Å². The molecule has 0 aromatic carbocycles. The Balaban J connectivity index is -0.0000000200. The minimum Gasteiger partial charge on any atom is -0.772 e. The summed E-state index contributed by atoms with van der Waals surface area (Å²) in [6.07, 6.45) is 0. The van der Waals surface area contributed by atoms with Crippen LogP contribution in [0.15, 0.2) is 0 Å². The normalized spacial score (nSPS) is 4.20. The van der Waals surface area contributed by atoms with E-state index >= 15 is 0 Å². The first kappa shape index (κ1) is 16.2. The monoisotopic (exact) mass is 122 g/mol. The molecule has 5 heavy (non-hydrogen) atoms. The molecule has 0 aliphatic carbocycles. The molecule has 0 radical (unpaired) electrons. The van der Waals surface area contributed by atoms with Crippen molar-refractivity contribution in [2.24, 2.45) is 0 Å². The van der Waals surface area contributed by atoms with Crippen LogP contribution >= 0.6 is 21.1 Å². The van der Waals surface area contributed by atoms with Crippen molar-refractivity contribution < 1.29 is 39.0 Å². The minimum absolute atomic E-state index is 0. The second-order valence-corrected chi connectivity index (χ2v) is 0.224. The van der Waals surface area contributed by atoms with Gasteiger partial charge in [-0.3, -0.25) is 4.57 Å². The van der Waals surface area contributed by atoms with Gasteiger partial charge in [0.05, 0.1) is 8.69 Å². The third-order valence-corrected chi connectivity index (χ3v) is 0. The summed E-state index contributed by atoms with van der Waals surface area (Å²) in [5.41, 5.74) is 0. The molecule has 0 saturated carbocycles. The van der Waals surface area contributed by atoms with E-state index in [2.05, 4.69) is 0 Å². The van der Waals surface area contributed by atoms with Gasteiger partial charge in [-0.05, 0) is 0 Å². The number of hydrogen-bond donors (Lipinski definition) is 0. The SMILES string of the molecule is Cl.O=P[O-].[Na+]. The molecule has 0 fully saturated rings. The van der Waals surface area contributed by atoms with Gasteiger partial charge in [0, 0.05) is 0 Å². The van der Waals surface area contributed by atoms with E-state index in [-0.39, 0.29) is 42.0 Å². The van der Waals surface area contributed by atoms with Gasteiger partial charge in [-0.15, -0.1) is 12.4 Å². The molecular weight excluding hydrogens is 121 g/mol. The predicted octanol–water partition coefficient (Wildman–Crippen LogP) is -3.02. The van der Waals surface area contributed by atoms with E-state index in [0.717, 1.165) is 0 Å². The maximum Gasteiger partial charge on any atom is 1.00 e. The summed E-state index contributed by atoms with van der Waals surface area (Å²) in [5, 5.41) is 0. The van der Waals surface area contributed by atoms with Crippen LogP contribution in [0.2, 0.25) is 0 Å². The van der Waals surface area contributed by atoms with Gasteiger partial charge in [-0.25, -0.2) is 0 Å². The van der Waals surface area contributed by atoms with Crippen LogP contribution in [0.5, 0.6) is 0 Å². The molecule has 0 unspecified atom stereocenters. The molecule has 2 nitrogen and oxygen atoms in total. The Bertz CT molecular complexity index is 17.1. The van der Waals surface area contributed by atoms with Crippen LogP contribution in [-0.2, 0) is 4.57 Å². The van der Waals surface area contributed by atoms with Gasteiger partial charge in [0.1, 0.15) is 0 Å². The Morgan fingerprint density at radius 2 is 1.60 bits per heavy atom. The quantitative estimate of drug-likeness (QED) is 0.253. The Hall–Kier alpha value is 1.35. The van der Waals surface area contributed by atoms with Gasteiger partial charge in [0.25, 0.3) is 0 Å². The average molecular weight is 122 g/mol. The van der Waals surface area contributed by atoms with E-state index in [9.17, 15) is 0 Å². The number of halogens is 1. The fourth-order valence-corrected chi connectivity index (χ4v) is 0. The van der Waals surface area contributed by atoms with Gasteiger partial charge in [-0.1, -0.05) is 0 Å². The Morgan fingerprint density at radius 3 is 1.60 bits per heavy atom. The number of hydrogen-bond acceptors (Lipinski definition) is 2. The smallest absolute Gasteiger partial charge is 0.772 e. The molecule has 0 aromatic rings. The van der Waals surface area contributed by atoms with E-state index in [1.165, 1.54) is 0 Å². The Morgan fingerprint density at radius 1 is 1.60 bits per heavy atom. The molecule has 0 spiro atoms. The van der Waals surface area contributed by atoms with E-state index < -0.39 is 8.69 Å². The summed E-state index contributed by atoms with van der Waals surface area (Å²) in [6, 6.07) is 0. The maximum atomic E-state index is 8.35. The van der Waals surface area contributed by atoms with E-state index in [4.69, 9.17) is 9.46 Å². The van der Waals surface area contributed by atoms with Gasteiger partial charge < -0.3 is 4.89 Å². The molecule has 0 aromatic heterocycles. The summed E-state index contributed by atoms with van der Waals surface area (Å²) >= 11 is 0. The first-order chi connectivity index (χ1) is 1.41. The first-order valence-corrected chi connectivity index (χ1v) is 1.10. The van der Waals surface area contributed by atoms with Crippen molar-refractivity contribution in [2.45, 2.75) is 0 Å². The predicted molar refractivity (Wildman–Crippen MR) is 14.9 cm³/mol. The van der Waals surface area contributed by atoms with Gasteiger partial charge in [0.2, 0.25) is 0 Å². The van der Waals surface area contributed by atoms with E-state index in [1.807, 2.05) is 0 Å². The topological polar surface area (TPSA) is 40.1 Å². The van der Waals surface area contributed by atoms with Crippen molar-refractivity contribution in [3.8, 4) is 0 Å². The molecule has 0 aliphatic heterocycles. The van der Waals surface area contributed by atoms with Gasteiger partial charge in [-0.2, -0.15) is 0 Å². The van der Waals surface area contributed by atoms with Crippen molar-refractivity contribution in [3.05, 3.63) is 0 Å². The molecular formula is HClNaO2P. The Labute approximate surface area is 59.9 Å².